The molecular formula is C14H19IOS. The summed E-state index contributed by atoms with van der Waals surface area (Å²) in [6.07, 6.45) is 6.90. The molecule has 1 aliphatic rings. The van der Waals surface area contributed by atoms with Crippen LogP contribution >= 0.6 is 30.4 Å². The average Bonchev–Trinajstić information content (AvgIpc) is 3.10. The quantitative estimate of drug-likeness (QED) is 0.347. The molecule has 0 radical (unpaired) electrons. The number of hydrogen-bond acceptors (Lipinski definition) is 2. The molecule has 0 spiro atoms. The number of halogens is 1. The van der Waals surface area contributed by atoms with Gasteiger partial charge in [-0.25, -0.2) is 0 Å². The van der Waals surface area contributed by atoms with Gasteiger partial charge in [-0.1, -0.05) is 38.3 Å². The van der Waals surface area contributed by atoms with E-state index >= 15 is 0 Å². The van der Waals surface area contributed by atoms with Crippen LogP contribution in [0.1, 0.15) is 50.5 Å². The SMILES string of the molecule is CCCCCC1CC1c1cccc(OSI)c1. The Kier molecular flexibility index (Phi) is 5.48. The van der Waals surface area contributed by atoms with Crippen LogP contribution in [0.15, 0.2) is 24.3 Å². The molecule has 0 aliphatic heterocycles. The molecule has 0 aromatic heterocycles. The van der Waals surface area contributed by atoms with Gasteiger partial charge in [-0.15, -0.1) is 0 Å². The Morgan fingerprint density at radius 2 is 2.29 bits per heavy atom. The fourth-order valence-electron chi connectivity index (χ4n) is 2.46. The summed E-state index contributed by atoms with van der Waals surface area (Å²) in [5, 5.41) is 0. The highest BCUT2D eigenvalue weighted by molar-refractivity contribution is 14.2. The molecule has 0 bridgehead atoms. The molecule has 2 rings (SSSR count). The molecule has 17 heavy (non-hydrogen) atoms. The van der Waals surface area contributed by atoms with Gasteiger partial charge in [-0.2, -0.15) is 0 Å². The highest BCUT2D eigenvalue weighted by Gasteiger charge is 2.37. The van der Waals surface area contributed by atoms with Crippen LogP contribution in [0.25, 0.3) is 0 Å². The van der Waals surface area contributed by atoms with E-state index in [1.165, 1.54) is 46.9 Å². The van der Waals surface area contributed by atoms with Crippen molar-refractivity contribution in [2.75, 3.05) is 0 Å². The van der Waals surface area contributed by atoms with E-state index in [1.54, 1.807) is 0 Å². The minimum Gasteiger partial charge on any atom is -0.415 e. The molecule has 2 unspecified atom stereocenters. The smallest absolute Gasteiger partial charge is 0.138 e. The van der Waals surface area contributed by atoms with Gasteiger partial charge in [-0.3, -0.25) is 0 Å². The summed E-state index contributed by atoms with van der Waals surface area (Å²) in [5.41, 5.74) is 1.47. The van der Waals surface area contributed by atoms with E-state index < -0.39 is 0 Å². The van der Waals surface area contributed by atoms with Crippen molar-refractivity contribution in [2.24, 2.45) is 5.92 Å². The summed E-state index contributed by atoms with van der Waals surface area (Å²) in [7, 11) is 1.38. The van der Waals surface area contributed by atoms with Gasteiger partial charge in [0.15, 0.2) is 0 Å². The van der Waals surface area contributed by atoms with Crippen LogP contribution < -0.4 is 4.18 Å². The molecule has 0 heterocycles. The van der Waals surface area contributed by atoms with E-state index in [4.69, 9.17) is 4.18 Å². The van der Waals surface area contributed by atoms with E-state index in [0.717, 1.165) is 17.6 Å². The summed E-state index contributed by atoms with van der Waals surface area (Å²) in [6, 6.07) is 8.59. The van der Waals surface area contributed by atoms with Crippen LogP contribution in [-0.2, 0) is 0 Å². The Bertz CT molecular complexity index is 356. The molecule has 1 nitrogen and oxygen atoms in total. The molecule has 1 fully saturated rings. The van der Waals surface area contributed by atoms with Crippen molar-refractivity contribution in [1.82, 2.24) is 0 Å². The van der Waals surface area contributed by atoms with Crippen LogP contribution in [0.2, 0.25) is 0 Å². The third-order valence-corrected chi connectivity index (χ3v) is 4.31. The minimum absolute atomic E-state index is 0.801. The standard InChI is InChI=1S/C14H19IOS/c1-2-3-4-6-12-10-14(12)11-7-5-8-13(9-11)16-17-15/h5,7-9,12,14H,2-4,6,10H2,1H3. The van der Waals surface area contributed by atoms with Gasteiger partial charge in [0, 0.05) is 21.2 Å². The average molecular weight is 362 g/mol. The minimum atomic E-state index is 0.801. The summed E-state index contributed by atoms with van der Waals surface area (Å²) >= 11 is 2.16. The van der Waals surface area contributed by atoms with E-state index in [2.05, 4.69) is 46.3 Å². The lowest BCUT2D eigenvalue weighted by atomic mass is 10.1. The fourth-order valence-corrected chi connectivity index (χ4v) is 3.26. The number of unbranched alkanes of at least 4 members (excludes halogenated alkanes) is 2. The molecule has 2 atom stereocenters. The highest BCUT2D eigenvalue weighted by atomic mass is 127. The van der Waals surface area contributed by atoms with Crippen molar-refractivity contribution >= 4 is 30.4 Å². The Morgan fingerprint density at radius 3 is 3.06 bits per heavy atom. The molecule has 1 aromatic rings. The van der Waals surface area contributed by atoms with Gasteiger partial charge < -0.3 is 4.18 Å². The van der Waals surface area contributed by atoms with E-state index in [1.807, 2.05) is 6.07 Å². The topological polar surface area (TPSA) is 9.23 Å². The second-order valence-electron chi connectivity index (χ2n) is 4.82. The molecule has 0 amide bonds. The lowest BCUT2D eigenvalue weighted by Gasteiger charge is -2.04. The van der Waals surface area contributed by atoms with E-state index in [9.17, 15) is 0 Å². The van der Waals surface area contributed by atoms with Gasteiger partial charge in [0.25, 0.3) is 0 Å². The first-order chi connectivity index (χ1) is 8.35. The van der Waals surface area contributed by atoms with Crippen molar-refractivity contribution in [1.29, 1.82) is 0 Å². The fraction of sp³-hybridized carbons (Fsp3) is 0.571. The van der Waals surface area contributed by atoms with Gasteiger partial charge >= 0.3 is 0 Å². The maximum Gasteiger partial charge on any atom is 0.138 e. The molecule has 94 valence electrons. The molecule has 0 N–H and O–H groups in total. The van der Waals surface area contributed by atoms with Crippen molar-refractivity contribution in [3.05, 3.63) is 29.8 Å². The molecule has 0 saturated heterocycles. The monoisotopic (exact) mass is 362 g/mol. The molecule has 3 heteroatoms. The second kappa shape index (κ2) is 6.88. The first kappa shape index (κ1) is 13.5. The first-order valence-electron chi connectivity index (χ1n) is 6.40. The van der Waals surface area contributed by atoms with E-state index in [0.29, 0.717) is 0 Å². The number of rotatable bonds is 7. The predicted molar refractivity (Wildman–Crippen MR) is 83.7 cm³/mol. The summed E-state index contributed by atoms with van der Waals surface area (Å²) < 4.78 is 5.46. The number of benzene rings is 1. The Labute approximate surface area is 120 Å². The zero-order chi connectivity index (χ0) is 12.1. The van der Waals surface area contributed by atoms with Gasteiger partial charge in [0.1, 0.15) is 15.0 Å². The molecule has 1 saturated carbocycles. The van der Waals surface area contributed by atoms with Crippen molar-refractivity contribution in [3.8, 4) is 5.75 Å². The third-order valence-electron chi connectivity index (χ3n) is 3.52. The summed E-state index contributed by atoms with van der Waals surface area (Å²) in [5.74, 6) is 2.72. The van der Waals surface area contributed by atoms with Gasteiger partial charge in [0.05, 0.1) is 0 Å². The molecule has 1 aliphatic carbocycles. The first-order valence-corrected chi connectivity index (χ1v) is 9.68. The Hall–Kier alpha value is 0.1000. The zero-order valence-electron chi connectivity index (χ0n) is 10.2. The molecular weight excluding hydrogens is 343 g/mol. The van der Waals surface area contributed by atoms with Gasteiger partial charge in [-0.05, 0) is 42.4 Å². The lowest BCUT2D eigenvalue weighted by Crippen LogP contribution is -1.86. The van der Waals surface area contributed by atoms with Crippen LogP contribution in [-0.4, -0.2) is 0 Å². The third kappa shape index (κ3) is 4.05. The predicted octanol–water partition coefficient (Wildman–Crippen LogP) is 5.75. The lowest BCUT2D eigenvalue weighted by molar-refractivity contribution is 0.608. The van der Waals surface area contributed by atoms with Crippen molar-refractivity contribution in [2.45, 2.75) is 44.9 Å². The molecule has 1 aromatic carbocycles. The normalized spacial score (nSPS) is 22.5. The van der Waals surface area contributed by atoms with Gasteiger partial charge in [0.2, 0.25) is 0 Å². The Balaban J connectivity index is 1.85. The van der Waals surface area contributed by atoms with Crippen LogP contribution in [0.4, 0.5) is 0 Å². The largest absolute Gasteiger partial charge is 0.415 e. The summed E-state index contributed by atoms with van der Waals surface area (Å²) in [4.78, 5) is 0. The number of hydrogen-bond donors (Lipinski definition) is 0. The Morgan fingerprint density at radius 1 is 1.41 bits per heavy atom. The maximum absolute atomic E-state index is 5.46. The van der Waals surface area contributed by atoms with E-state index in [-0.39, 0.29) is 0 Å². The van der Waals surface area contributed by atoms with Crippen LogP contribution in [0.3, 0.4) is 0 Å². The van der Waals surface area contributed by atoms with Crippen LogP contribution in [0.5, 0.6) is 5.75 Å². The maximum atomic E-state index is 5.46. The zero-order valence-corrected chi connectivity index (χ0v) is 13.2. The highest BCUT2D eigenvalue weighted by Crippen LogP contribution is 2.50. The van der Waals surface area contributed by atoms with Crippen LogP contribution in [0, 0.1) is 5.92 Å². The van der Waals surface area contributed by atoms with Crippen molar-refractivity contribution in [3.63, 3.8) is 0 Å². The second-order valence-corrected chi connectivity index (χ2v) is 6.19. The van der Waals surface area contributed by atoms with Crippen molar-refractivity contribution < 1.29 is 4.18 Å². The summed E-state index contributed by atoms with van der Waals surface area (Å²) in [6.45, 7) is 2.27.